The van der Waals surface area contributed by atoms with Gasteiger partial charge >= 0.3 is 0 Å². The Balaban J connectivity index is 2.29. The maximum Gasteiger partial charge on any atom is 0.263 e. The van der Waals surface area contributed by atoms with Crippen LogP contribution in [0, 0.1) is 0 Å². The first-order valence-corrected chi connectivity index (χ1v) is 9.53. The summed E-state index contributed by atoms with van der Waals surface area (Å²) >= 11 is 0. The molecule has 0 radical (unpaired) electrons. The summed E-state index contributed by atoms with van der Waals surface area (Å²) in [5, 5.41) is 0. The maximum atomic E-state index is 11.9. The molecule has 9 heteroatoms. The third-order valence-electron chi connectivity index (χ3n) is 2.76. The van der Waals surface area contributed by atoms with Gasteiger partial charge in [-0.1, -0.05) is 12.1 Å². The van der Waals surface area contributed by atoms with Crippen molar-refractivity contribution in [2.75, 3.05) is 12.8 Å². The van der Waals surface area contributed by atoms with E-state index in [2.05, 4.69) is 14.4 Å². The molecule has 0 amide bonds. The maximum absolute atomic E-state index is 11.9. The van der Waals surface area contributed by atoms with E-state index in [1.54, 1.807) is 32.0 Å². The molecule has 0 saturated carbocycles. The quantitative estimate of drug-likeness (QED) is 0.813. The molecule has 116 valence electrons. The van der Waals surface area contributed by atoms with Gasteiger partial charge in [0, 0.05) is 11.1 Å². The summed E-state index contributed by atoms with van der Waals surface area (Å²) in [6, 6.07) is 6.51. The Morgan fingerprint density at radius 1 is 1.29 bits per heavy atom. The van der Waals surface area contributed by atoms with Gasteiger partial charge in [0.15, 0.2) is 0 Å². The average molecular weight is 331 g/mol. The summed E-state index contributed by atoms with van der Waals surface area (Å²) in [4.78, 5) is 4.39. The molecule has 2 N–H and O–H groups in total. The van der Waals surface area contributed by atoms with Crippen molar-refractivity contribution in [3.05, 3.63) is 29.8 Å². The van der Waals surface area contributed by atoms with E-state index >= 15 is 0 Å². The van der Waals surface area contributed by atoms with Gasteiger partial charge in [0.25, 0.3) is 10.0 Å². The summed E-state index contributed by atoms with van der Waals surface area (Å²) in [6.45, 7) is 3.45. The first-order chi connectivity index (χ1) is 9.50. The molecule has 0 unspecified atom stereocenters. The Morgan fingerprint density at radius 3 is 2.52 bits per heavy atom. The smallest absolute Gasteiger partial charge is 0.263 e. The van der Waals surface area contributed by atoms with Crippen LogP contribution in [-0.2, 0) is 20.0 Å². The molecule has 2 rings (SSSR count). The molecule has 0 bridgehead atoms. The lowest BCUT2D eigenvalue weighted by atomic mass is 10.1. The molecular weight excluding hydrogens is 314 g/mol. The van der Waals surface area contributed by atoms with Crippen molar-refractivity contribution < 1.29 is 16.8 Å². The number of nitrogens with zero attached hydrogens (tertiary/aromatic N) is 1. The number of rotatable bonds is 4. The monoisotopic (exact) mass is 331 g/mol. The van der Waals surface area contributed by atoms with Crippen LogP contribution in [0.3, 0.4) is 0 Å². The minimum Gasteiger partial charge on any atom is -0.265 e. The highest BCUT2D eigenvalue weighted by Gasteiger charge is 2.31. The Morgan fingerprint density at radius 2 is 1.90 bits per heavy atom. The molecule has 1 heterocycles. The van der Waals surface area contributed by atoms with Crippen LogP contribution >= 0.6 is 0 Å². The Hall–Kier alpha value is -1.45. The lowest BCUT2D eigenvalue weighted by molar-refractivity contribution is 0.466. The highest BCUT2D eigenvalue weighted by atomic mass is 32.2. The second-order valence-electron chi connectivity index (χ2n) is 5.52. The number of fused-ring (bicyclic) bond motifs is 1. The van der Waals surface area contributed by atoms with Crippen LogP contribution in [0.4, 0.5) is 0 Å². The van der Waals surface area contributed by atoms with Gasteiger partial charge in [-0.3, -0.25) is 9.71 Å². The number of nitrogens with one attached hydrogen (secondary N) is 2. The molecule has 1 aliphatic heterocycles. The summed E-state index contributed by atoms with van der Waals surface area (Å²) in [5.41, 5.74) is -0.323. The van der Waals surface area contributed by atoms with Gasteiger partial charge in [-0.2, -0.15) is 0 Å². The van der Waals surface area contributed by atoms with E-state index in [-0.39, 0.29) is 17.3 Å². The highest BCUT2D eigenvalue weighted by Crippen LogP contribution is 2.22. The van der Waals surface area contributed by atoms with Gasteiger partial charge in [0.1, 0.15) is 5.84 Å². The SMILES string of the molecule is CC(C)(CN=C1NS(=O)(=O)c2ccccc21)NS(C)(=O)=O. The van der Waals surface area contributed by atoms with Crippen molar-refractivity contribution >= 4 is 25.9 Å². The fraction of sp³-hybridized carbons (Fsp3) is 0.417. The fourth-order valence-electron chi connectivity index (χ4n) is 2.06. The van der Waals surface area contributed by atoms with Crippen molar-refractivity contribution in [1.82, 2.24) is 9.44 Å². The third-order valence-corrected chi connectivity index (χ3v) is 5.08. The molecule has 21 heavy (non-hydrogen) atoms. The van der Waals surface area contributed by atoms with Crippen LogP contribution < -0.4 is 9.44 Å². The van der Waals surface area contributed by atoms with Gasteiger partial charge in [0.05, 0.1) is 17.7 Å². The first kappa shape index (κ1) is 15.9. The molecule has 0 atom stereocenters. The lowest BCUT2D eigenvalue weighted by Gasteiger charge is -2.22. The van der Waals surface area contributed by atoms with E-state index in [0.29, 0.717) is 5.56 Å². The average Bonchev–Trinajstić information content (AvgIpc) is 2.57. The zero-order valence-electron chi connectivity index (χ0n) is 11.9. The van der Waals surface area contributed by atoms with Crippen LogP contribution in [-0.4, -0.2) is 41.0 Å². The van der Waals surface area contributed by atoms with Crippen molar-refractivity contribution in [1.29, 1.82) is 0 Å². The van der Waals surface area contributed by atoms with E-state index in [1.165, 1.54) is 6.07 Å². The third kappa shape index (κ3) is 3.80. The molecule has 0 aromatic heterocycles. The zero-order valence-corrected chi connectivity index (χ0v) is 13.5. The standard InChI is InChI=1S/C12H17N3O4S2/c1-12(2,15-20(3,16)17)8-13-11-9-6-4-5-7-10(9)21(18,19)14-11/h4-7,15H,8H2,1-3H3,(H,13,14). The second kappa shape index (κ2) is 5.08. The minimum absolute atomic E-state index is 0.103. The van der Waals surface area contributed by atoms with E-state index < -0.39 is 25.6 Å². The van der Waals surface area contributed by atoms with Gasteiger partial charge in [-0.05, 0) is 26.0 Å². The Kier molecular flexibility index (Phi) is 3.85. The number of aliphatic imine (C=N–C) groups is 1. The number of amidine groups is 1. The number of hydrogen-bond acceptors (Lipinski definition) is 5. The van der Waals surface area contributed by atoms with E-state index in [4.69, 9.17) is 0 Å². The fourth-order valence-corrected chi connectivity index (χ4v) is 4.38. The molecule has 0 fully saturated rings. The molecule has 1 aromatic rings. The Labute approximate surface area is 124 Å². The van der Waals surface area contributed by atoms with E-state index in [1.807, 2.05) is 0 Å². The summed E-state index contributed by atoms with van der Waals surface area (Å²) < 4.78 is 51.2. The molecule has 0 aliphatic carbocycles. The van der Waals surface area contributed by atoms with Crippen LogP contribution in [0.1, 0.15) is 19.4 Å². The molecule has 0 saturated heterocycles. The first-order valence-electron chi connectivity index (χ1n) is 6.16. The van der Waals surface area contributed by atoms with Gasteiger partial charge < -0.3 is 0 Å². The van der Waals surface area contributed by atoms with Crippen molar-refractivity contribution in [2.24, 2.45) is 4.99 Å². The molecule has 7 nitrogen and oxygen atoms in total. The van der Waals surface area contributed by atoms with Gasteiger partial charge in [-0.15, -0.1) is 0 Å². The summed E-state index contributed by atoms with van der Waals surface area (Å²) in [6.07, 6.45) is 1.06. The second-order valence-corrected chi connectivity index (χ2v) is 8.92. The molecule has 0 spiro atoms. The minimum atomic E-state index is -3.58. The largest absolute Gasteiger partial charge is 0.265 e. The van der Waals surface area contributed by atoms with Crippen LogP contribution in [0.15, 0.2) is 34.2 Å². The normalized spacial score (nSPS) is 19.3. The Bertz CT molecular complexity index is 796. The summed E-state index contributed by atoms with van der Waals surface area (Å²) in [5.74, 6) is 0.231. The molecule has 1 aromatic carbocycles. The number of hydrogen-bond donors (Lipinski definition) is 2. The number of benzene rings is 1. The highest BCUT2D eigenvalue weighted by molar-refractivity contribution is 7.90. The van der Waals surface area contributed by atoms with Crippen molar-refractivity contribution in [2.45, 2.75) is 24.3 Å². The number of sulfonamides is 2. The lowest BCUT2D eigenvalue weighted by Crippen LogP contribution is -2.45. The van der Waals surface area contributed by atoms with Crippen LogP contribution in [0.2, 0.25) is 0 Å². The van der Waals surface area contributed by atoms with E-state index in [0.717, 1.165) is 6.26 Å². The molecular formula is C12H17N3O4S2. The van der Waals surface area contributed by atoms with Crippen LogP contribution in [0.25, 0.3) is 0 Å². The van der Waals surface area contributed by atoms with Crippen molar-refractivity contribution in [3.63, 3.8) is 0 Å². The van der Waals surface area contributed by atoms with E-state index in [9.17, 15) is 16.8 Å². The van der Waals surface area contributed by atoms with Crippen LogP contribution in [0.5, 0.6) is 0 Å². The van der Waals surface area contributed by atoms with Gasteiger partial charge in [-0.25, -0.2) is 21.6 Å². The predicted octanol–water partition coefficient (Wildman–Crippen LogP) is 0.0529. The topological polar surface area (TPSA) is 105 Å². The van der Waals surface area contributed by atoms with Gasteiger partial charge in [0.2, 0.25) is 10.0 Å². The van der Waals surface area contributed by atoms with Crippen molar-refractivity contribution in [3.8, 4) is 0 Å². The molecule has 1 aliphatic rings. The predicted molar refractivity (Wildman–Crippen MR) is 80.2 cm³/mol. The summed E-state index contributed by atoms with van der Waals surface area (Å²) in [7, 11) is -6.95. The zero-order chi connectivity index (χ0) is 15.9.